The summed E-state index contributed by atoms with van der Waals surface area (Å²) in [5.41, 5.74) is 8.96. The molecule has 0 bridgehead atoms. The van der Waals surface area contributed by atoms with Gasteiger partial charge in [0, 0.05) is 25.7 Å². The van der Waals surface area contributed by atoms with Crippen molar-refractivity contribution in [2.75, 3.05) is 20.3 Å². The van der Waals surface area contributed by atoms with E-state index < -0.39 is 0 Å². The molecule has 1 fully saturated rings. The molecule has 0 amide bonds. The predicted molar refractivity (Wildman–Crippen MR) is 66.6 cm³/mol. The van der Waals surface area contributed by atoms with Gasteiger partial charge in [-0.1, -0.05) is 24.3 Å². The Morgan fingerprint density at radius 2 is 1.94 bits per heavy atom. The van der Waals surface area contributed by atoms with Crippen LogP contribution in [0.1, 0.15) is 30.4 Å². The molecule has 0 aliphatic heterocycles. The van der Waals surface area contributed by atoms with Gasteiger partial charge in [0.05, 0.1) is 0 Å². The second-order valence-corrected chi connectivity index (χ2v) is 4.78. The third kappa shape index (κ3) is 2.45. The first-order chi connectivity index (χ1) is 7.80. The third-order valence-electron chi connectivity index (χ3n) is 3.62. The Bertz CT molecular complexity index is 327. The summed E-state index contributed by atoms with van der Waals surface area (Å²) < 4.78 is 5.05. The van der Waals surface area contributed by atoms with Crippen molar-refractivity contribution in [2.45, 2.75) is 31.1 Å². The average molecular weight is 219 g/mol. The molecule has 0 spiro atoms. The van der Waals surface area contributed by atoms with E-state index >= 15 is 0 Å². The van der Waals surface area contributed by atoms with Crippen molar-refractivity contribution in [2.24, 2.45) is 5.73 Å². The van der Waals surface area contributed by atoms with E-state index in [1.54, 1.807) is 7.11 Å². The molecule has 0 aromatic heterocycles. The van der Waals surface area contributed by atoms with Crippen molar-refractivity contribution < 1.29 is 4.74 Å². The molecule has 16 heavy (non-hydrogen) atoms. The molecular weight excluding hydrogens is 198 g/mol. The van der Waals surface area contributed by atoms with Crippen molar-refractivity contribution in [3.8, 4) is 0 Å². The van der Waals surface area contributed by atoms with Crippen LogP contribution in [0, 0.1) is 0 Å². The SMILES string of the molecule is COCCCc1ccc(C2(CN)CC2)cc1. The monoisotopic (exact) mass is 219 g/mol. The Labute approximate surface area is 97.8 Å². The van der Waals surface area contributed by atoms with E-state index in [-0.39, 0.29) is 0 Å². The summed E-state index contributed by atoms with van der Waals surface area (Å²) in [6.07, 6.45) is 4.71. The van der Waals surface area contributed by atoms with Gasteiger partial charge in [-0.2, -0.15) is 0 Å². The molecule has 1 aromatic carbocycles. The molecule has 2 N–H and O–H groups in total. The fourth-order valence-electron chi connectivity index (χ4n) is 2.21. The lowest BCUT2D eigenvalue weighted by atomic mass is 9.94. The maximum atomic E-state index is 5.82. The number of methoxy groups -OCH3 is 1. The Morgan fingerprint density at radius 3 is 2.44 bits per heavy atom. The van der Waals surface area contributed by atoms with E-state index in [2.05, 4.69) is 24.3 Å². The Balaban J connectivity index is 1.94. The summed E-state index contributed by atoms with van der Waals surface area (Å²) in [4.78, 5) is 0. The molecule has 2 heteroatoms. The summed E-state index contributed by atoms with van der Waals surface area (Å²) in [6.45, 7) is 1.63. The Kier molecular flexibility index (Phi) is 3.62. The van der Waals surface area contributed by atoms with Crippen LogP contribution >= 0.6 is 0 Å². The van der Waals surface area contributed by atoms with Crippen LogP contribution in [0.5, 0.6) is 0 Å². The van der Waals surface area contributed by atoms with E-state index in [4.69, 9.17) is 10.5 Å². The zero-order valence-corrected chi connectivity index (χ0v) is 10.0. The quantitative estimate of drug-likeness (QED) is 0.745. The summed E-state index contributed by atoms with van der Waals surface area (Å²) in [5, 5.41) is 0. The molecule has 0 heterocycles. The van der Waals surface area contributed by atoms with E-state index in [0.29, 0.717) is 5.41 Å². The molecule has 1 saturated carbocycles. The first kappa shape index (κ1) is 11.6. The minimum Gasteiger partial charge on any atom is -0.385 e. The lowest BCUT2D eigenvalue weighted by Crippen LogP contribution is -2.19. The van der Waals surface area contributed by atoms with Crippen LogP contribution in [0.15, 0.2) is 24.3 Å². The fourth-order valence-corrected chi connectivity index (χ4v) is 2.21. The molecule has 0 atom stereocenters. The number of nitrogens with two attached hydrogens (primary N) is 1. The fraction of sp³-hybridized carbons (Fsp3) is 0.571. The maximum absolute atomic E-state index is 5.82. The smallest absolute Gasteiger partial charge is 0.0465 e. The summed E-state index contributed by atoms with van der Waals surface area (Å²) in [6, 6.07) is 8.98. The maximum Gasteiger partial charge on any atom is 0.0465 e. The highest BCUT2D eigenvalue weighted by atomic mass is 16.5. The molecule has 1 aliphatic carbocycles. The Hall–Kier alpha value is -0.860. The lowest BCUT2D eigenvalue weighted by molar-refractivity contribution is 0.195. The van der Waals surface area contributed by atoms with Gasteiger partial charge in [-0.25, -0.2) is 0 Å². The second kappa shape index (κ2) is 4.98. The van der Waals surface area contributed by atoms with Gasteiger partial charge in [0.1, 0.15) is 0 Å². The number of benzene rings is 1. The van der Waals surface area contributed by atoms with Crippen molar-refractivity contribution in [1.82, 2.24) is 0 Å². The normalized spacial score (nSPS) is 17.4. The van der Waals surface area contributed by atoms with Crippen LogP contribution in [0.25, 0.3) is 0 Å². The summed E-state index contributed by atoms with van der Waals surface area (Å²) in [5.74, 6) is 0. The highest BCUT2D eigenvalue weighted by molar-refractivity contribution is 5.34. The number of aryl methyl sites for hydroxylation is 1. The molecular formula is C14H21NO. The van der Waals surface area contributed by atoms with Gasteiger partial charge in [-0.05, 0) is 36.8 Å². The van der Waals surface area contributed by atoms with Crippen LogP contribution in [-0.2, 0) is 16.6 Å². The van der Waals surface area contributed by atoms with Gasteiger partial charge in [-0.15, -0.1) is 0 Å². The highest BCUT2D eigenvalue weighted by Gasteiger charge is 2.42. The second-order valence-electron chi connectivity index (χ2n) is 4.78. The summed E-state index contributed by atoms with van der Waals surface area (Å²) in [7, 11) is 1.75. The highest BCUT2D eigenvalue weighted by Crippen LogP contribution is 2.47. The van der Waals surface area contributed by atoms with Crippen LogP contribution in [-0.4, -0.2) is 20.3 Å². The standard InChI is InChI=1S/C14H21NO/c1-16-10-2-3-12-4-6-13(7-5-12)14(11-15)8-9-14/h4-7H,2-3,8-11,15H2,1H3. The van der Waals surface area contributed by atoms with Gasteiger partial charge in [0.25, 0.3) is 0 Å². The van der Waals surface area contributed by atoms with Gasteiger partial charge in [-0.3, -0.25) is 0 Å². The molecule has 0 saturated heterocycles. The van der Waals surface area contributed by atoms with Crippen LogP contribution in [0.4, 0.5) is 0 Å². The first-order valence-electron chi connectivity index (χ1n) is 6.09. The van der Waals surface area contributed by atoms with Gasteiger partial charge in [0.2, 0.25) is 0 Å². The van der Waals surface area contributed by atoms with E-state index in [1.807, 2.05) is 0 Å². The van der Waals surface area contributed by atoms with E-state index in [0.717, 1.165) is 26.0 Å². The van der Waals surface area contributed by atoms with Crippen molar-refractivity contribution in [1.29, 1.82) is 0 Å². The molecule has 1 aliphatic rings. The average Bonchev–Trinajstić information content (AvgIpc) is 3.11. The largest absolute Gasteiger partial charge is 0.385 e. The molecule has 88 valence electrons. The molecule has 2 nitrogen and oxygen atoms in total. The predicted octanol–water partition coefficient (Wildman–Crippen LogP) is 2.26. The van der Waals surface area contributed by atoms with Gasteiger partial charge >= 0.3 is 0 Å². The van der Waals surface area contributed by atoms with Gasteiger partial charge < -0.3 is 10.5 Å². The number of ether oxygens (including phenoxy) is 1. The molecule has 0 unspecified atom stereocenters. The minimum absolute atomic E-state index is 0.324. The van der Waals surface area contributed by atoms with Crippen molar-refractivity contribution >= 4 is 0 Å². The molecule has 2 rings (SSSR count). The van der Waals surface area contributed by atoms with E-state index in [1.165, 1.54) is 24.0 Å². The topological polar surface area (TPSA) is 35.2 Å². The first-order valence-corrected chi connectivity index (χ1v) is 6.09. The number of rotatable bonds is 6. The third-order valence-corrected chi connectivity index (χ3v) is 3.62. The zero-order chi connectivity index (χ0) is 11.4. The minimum atomic E-state index is 0.324. The van der Waals surface area contributed by atoms with E-state index in [9.17, 15) is 0 Å². The summed E-state index contributed by atoms with van der Waals surface area (Å²) >= 11 is 0. The van der Waals surface area contributed by atoms with Crippen LogP contribution < -0.4 is 5.73 Å². The zero-order valence-electron chi connectivity index (χ0n) is 10.0. The van der Waals surface area contributed by atoms with Crippen molar-refractivity contribution in [3.05, 3.63) is 35.4 Å². The van der Waals surface area contributed by atoms with Crippen molar-refractivity contribution in [3.63, 3.8) is 0 Å². The Morgan fingerprint density at radius 1 is 1.25 bits per heavy atom. The lowest BCUT2D eigenvalue weighted by Gasteiger charge is -2.13. The van der Waals surface area contributed by atoms with Gasteiger partial charge in [0.15, 0.2) is 0 Å². The number of hydrogen-bond acceptors (Lipinski definition) is 2. The number of hydrogen-bond donors (Lipinski definition) is 1. The molecule has 1 aromatic rings. The van der Waals surface area contributed by atoms with Crippen LogP contribution in [0.3, 0.4) is 0 Å². The molecule has 0 radical (unpaired) electrons. The van der Waals surface area contributed by atoms with Crippen LogP contribution in [0.2, 0.25) is 0 Å².